The molecular formula is C31H28N2O7. The van der Waals surface area contributed by atoms with E-state index in [0.717, 1.165) is 0 Å². The zero-order chi connectivity index (χ0) is 28.2. The molecule has 0 aliphatic heterocycles. The van der Waals surface area contributed by atoms with Crippen LogP contribution in [0.25, 0.3) is 0 Å². The molecule has 0 fully saturated rings. The van der Waals surface area contributed by atoms with E-state index in [4.69, 9.17) is 23.7 Å². The van der Waals surface area contributed by atoms with Crippen molar-refractivity contribution in [1.82, 2.24) is 5.43 Å². The molecule has 9 heteroatoms. The second kappa shape index (κ2) is 14.0. The van der Waals surface area contributed by atoms with Crippen LogP contribution in [0.15, 0.2) is 108 Å². The van der Waals surface area contributed by atoms with Crippen LogP contribution in [-0.4, -0.2) is 38.1 Å². The summed E-state index contributed by atoms with van der Waals surface area (Å²) in [7, 11) is 1.46. The minimum Gasteiger partial charge on any atom is -0.494 e. The molecule has 0 aromatic heterocycles. The van der Waals surface area contributed by atoms with E-state index in [1.807, 2.05) is 19.1 Å². The summed E-state index contributed by atoms with van der Waals surface area (Å²) in [4.78, 5) is 25.5. The smallest absolute Gasteiger partial charge is 0.343 e. The van der Waals surface area contributed by atoms with Crippen molar-refractivity contribution in [3.05, 3.63) is 114 Å². The zero-order valence-corrected chi connectivity index (χ0v) is 22.0. The number of rotatable bonds is 12. The zero-order valence-electron chi connectivity index (χ0n) is 22.0. The lowest BCUT2D eigenvalue weighted by molar-refractivity contribution is -0.140. The molecule has 204 valence electrons. The molecule has 4 aromatic carbocycles. The van der Waals surface area contributed by atoms with Gasteiger partial charge < -0.3 is 23.7 Å². The summed E-state index contributed by atoms with van der Waals surface area (Å²) >= 11 is 0. The van der Waals surface area contributed by atoms with Gasteiger partial charge in [0.05, 0.1) is 25.5 Å². The van der Waals surface area contributed by atoms with Crippen molar-refractivity contribution in [2.75, 3.05) is 13.7 Å². The van der Waals surface area contributed by atoms with Crippen molar-refractivity contribution in [3.63, 3.8) is 0 Å². The molecule has 1 amide bonds. The summed E-state index contributed by atoms with van der Waals surface area (Å²) in [5.41, 5.74) is 3.39. The fourth-order valence-electron chi connectivity index (χ4n) is 3.46. The summed E-state index contributed by atoms with van der Waals surface area (Å²) in [5.74, 6) is 0.972. The average Bonchev–Trinajstić information content (AvgIpc) is 2.99. The van der Waals surface area contributed by atoms with Gasteiger partial charge in [0.1, 0.15) is 17.2 Å². The fourth-order valence-corrected chi connectivity index (χ4v) is 3.46. The summed E-state index contributed by atoms with van der Waals surface area (Å²) in [6.07, 6.45) is 0.126. The highest BCUT2D eigenvalue weighted by molar-refractivity contribution is 5.92. The largest absolute Gasteiger partial charge is 0.494 e. The van der Waals surface area contributed by atoms with Gasteiger partial charge in [0, 0.05) is 0 Å². The number of ether oxygens (including phenoxy) is 5. The third kappa shape index (κ3) is 7.84. The number of hydrogen-bond acceptors (Lipinski definition) is 8. The molecule has 4 aromatic rings. The van der Waals surface area contributed by atoms with Crippen LogP contribution in [-0.2, 0) is 4.79 Å². The molecule has 4 rings (SSSR count). The van der Waals surface area contributed by atoms with Gasteiger partial charge in [-0.15, -0.1) is 0 Å². The number of carbonyl (C=O) groups excluding carboxylic acids is 2. The lowest BCUT2D eigenvalue weighted by Gasteiger charge is -2.18. The first kappa shape index (κ1) is 27.7. The molecule has 0 saturated heterocycles. The highest BCUT2D eigenvalue weighted by Gasteiger charge is 2.22. The molecule has 0 saturated carbocycles. The lowest BCUT2D eigenvalue weighted by Crippen LogP contribution is -2.40. The van der Waals surface area contributed by atoms with Crippen LogP contribution < -0.4 is 29.1 Å². The maximum Gasteiger partial charge on any atom is 0.343 e. The quantitative estimate of drug-likeness (QED) is 0.0861. The maximum absolute atomic E-state index is 12.9. The van der Waals surface area contributed by atoms with Crippen molar-refractivity contribution < 1.29 is 33.3 Å². The van der Waals surface area contributed by atoms with Crippen molar-refractivity contribution >= 4 is 18.1 Å². The van der Waals surface area contributed by atoms with Crippen LogP contribution in [0.2, 0.25) is 0 Å². The van der Waals surface area contributed by atoms with Crippen molar-refractivity contribution in [1.29, 1.82) is 0 Å². The molecule has 0 bridgehead atoms. The van der Waals surface area contributed by atoms with Gasteiger partial charge in [-0.1, -0.05) is 36.4 Å². The van der Waals surface area contributed by atoms with E-state index >= 15 is 0 Å². The Morgan fingerprint density at radius 2 is 1.43 bits per heavy atom. The van der Waals surface area contributed by atoms with Gasteiger partial charge in [0.2, 0.25) is 0 Å². The number of hydrazone groups is 1. The normalized spacial score (nSPS) is 10.7. The summed E-state index contributed by atoms with van der Waals surface area (Å²) in [5, 5.41) is 4.02. The molecule has 9 nitrogen and oxygen atoms in total. The van der Waals surface area contributed by atoms with Crippen LogP contribution in [0.4, 0.5) is 0 Å². The molecule has 0 radical (unpaired) electrons. The van der Waals surface area contributed by atoms with Gasteiger partial charge in [-0.2, -0.15) is 5.10 Å². The van der Waals surface area contributed by atoms with Gasteiger partial charge in [0.25, 0.3) is 0 Å². The van der Waals surface area contributed by atoms with Gasteiger partial charge in [-0.3, -0.25) is 4.79 Å². The number of esters is 1. The molecule has 0 aliphatic rings. The molecule has 0 atom stereocenters. The molecule has 40 heavy (non-hydrogen) atoms. The van der Waals surface area contributed by atoms with Crippen molar-refractivity contribution in [2.45, 2.75) is 13.2 Å². The van der Waals surface area contributed by atoms with E-state index in [1.165, 1.54) is 13.3 Å². The van der Waals surface area contributed by atoms with E-state index in [-0.39, 0.29) is 5.75 Å². The Bertz CT molecular complexity index is 1380. The number of nitrogens with zero attached hydrogens (tertiary/aromatic N) is 1. The Morgan fingerprint density at radius 3 is 2.00 bits per heavy atom. The predicted octanol–water partition coefficient (Wildman–Crippen LogP) is 5.25. The number of carbonyl (C=O) groups is 2. The fraction of sp³-hybridized carbons (Fsp3) is 0.129. The van der Waals surface area contributed by atoms with Gasteiger partial charge in [-0.05, 0) is 79.2 Å². The third-order valence-corrected chi connectivity index (χ3v) is 5.37. The number of amides is 1. The van der Waals surface area contributed by atoms with Gasteiger partial charge in [-0.25, -0.2) is 10.2 Å². The van der Waals surface area contributed by atoms with Gasteiger partial charge in [0.15, 0.2) is 11.5 Å². The van der Waals surface area contributed by atoms with E-state index < -0.39 is 18.2 Å². The van der Waals surface area contributed by atoms with Crippen molar-refractivity contribution in [2.24, 2.45) is 5.10 Å². The Balaban J connectivity index is 1.40. The number of methoxy groups -OCH3 is 1. The molecule has 0 aliphatic carbocycles. The second-order valence-corrected chi connectivity index (χ2v) is 8.19. The van der Waals surface area contributed by atoms with E-state index in [0.29, 0.717) is 40.7 Å². The number of benzene rings is 4. The number of nitrogens with one attached hydrogen (secondary N) is 1. The Labute approximate surface area is 231 Å². The Morgan fingerprint density at radius 1 is 0.800 bits per heavy atom. The van der Waals surface area contributed by atoms with Crippen LogP contribution in [0.3, 0.4) is 0 Å². The predicted molar refractivity (Wildman–Crippen MR) is 149 cm³/mol. The molecule has 0 heterocycles. The minimum absolute atomic E-state index is 0.232. The van der Waals surface area contributed by atoms with Crippen LogP contribution in [0.5, 0.6) is 28.7 Å². The van der Waals surface area contributed by atoms with Crippen LogP contribution in [0, 0.1) is 0 Å². The Hall–Kier alpha value is -5.31. The standard InChI is InChI=1S/C31H28N2O7/c1-3-37-24-17-15-23(16-18-24)30(35)40-27-19-14-22(20-28(27)36-2)21-32-33-29(34)31(38-25-10-6-4-7-11-25)39-26-12-8-5-9-13-26/h4-21,31H,3H2,1-2H3,(H,33,34). The highest BCUT2D eigenvalue weighted by atomic mass is 16.7. The lowest BCUT2D eigenvalue weighted by atomic mass is 10.2. The molecule has 1 N–H and O–H groups in total. The maximum atomic E-state index is 12.9. The minimum atomic E-state index is -1.29. The molecule has 0 spiro atoms. The second-order valence-electron chi connectivity index (χ2n) is 8.19. The highest BCUT2D eigenvalue weighted by Crippen LogP contribution is 2.28. The first-order valence-electron chi connectivity index (χ1n) is 12.4. The topological polar surface area (TPSA) is 105 Å². The number of para-hydroxylation sites is 2. The first-order chi connectivity index (χ1) is 19.6. The van der Waals surface area contributed by atoms with E-state index in [1.54, 1.807) is 91.0 Å². The summed E-state index contributed by atoms with van der Waals surface area (Å²) < 4.78 is 27.8. The Kier molecular flexibility index (Phi) is 9.71. The summed E-state index contributed by atoms with van der Waals surface area (Å²) in [6.45, 7) is 2.41. The average molecular weight is 541 g/mol. The monoisotopic (exact) mass is 540 g/mol. The van der Waals surface area contributed by atoms with Crippen LogP contribution >= 0.6 is 0 Å². The SMILES string of the molecule is CCOc1ccc(C(=O)Oc2ccc(C=NNC(=O)C(Oc3ccccc3)Oc3ccccc3)cc2OC)cc1. The van der Waals surface area contributed by atoms with Crippen molar-refractivity contribution in [3.8, 4) is 28.7 Å². The van der Waals surface area contributed by atoms with E-state index in [2.05, 4.69) is 10.5 Å². The first-order valence-corrected chi connectivity index (χ1v) is 12.4. The van der Waals surface area contributed by atoms with E-state index in [9.17, 15) is 9.59 Å². The summed E-state index contributed by atoms with van der Waals surface area (Å²) in [6, 6.07) is 29.2. The molecule has 0 unspecified atom stereocenters. The van der Waals surface area contributed by atoms with Gasteiger partial charge >= 0.3 is 18.2 Å². The number of hydrogen-bond donors (Lipinski definition) is 1. The van der Waals surface area contributed by atoms with Crippen LogP contribution in [0.1, 0.15) is 22.8 Å². The molecular weight excluding hydrogens is 512 g/mol. The third-order valence-electron chi connectivity index (χ3n) is 5.37.